The Kier molecular flexibility index (Phi) is 8.18. The van der Waals surface area contributed by atoms with Crippen LogP contribution in [0.5, 0.6) is 5.88 Å². The van der Waals surface area contributed by atoms with Crippen LogP contribution in [0.15, 0.2) is 12.3 Å². The molecule has 0 aromatic carbocycles. The fourth-order valence-corrected chi connectivity index (χ4v) is 3.21. The number of pyridine rings is 1. The number of rotatable bonds is 10. The lowest BCUT2D eigenvalue weighted by Crippen LogP contribution is -2.49. The molecule has 0 amide bonds. The lowest BCUT2D eigenvalue weighted by atomic mass is 9.71. The Morgan fingerprint density at radius 1 is 1.04 bits per heavy atom. The molecule has 0 bridgehead atoms. The maximum absolute atomic E-state index is 10.2. The molecule has 0 fully saturated rings. The molecule has 0 aliphatic rings. The highest BCUT2D eigenvalue weighted by molar-refractivity contribution is 6.47. The fourth-order valence-electron chi connectivity index (χ4n) is 3.21. The van der Waals surface area contributed by atoms with E-state index < -0.39 is 11.2 Å². The topological polar surface area (TPSA) is 51.6 Å². The quantitative estimate of drug-likeness (QED) is 0.582. The van der Waals surface area contributed by atoms with Crippen molar-refractivity contribution in [2.75, 3.05) is 6.61 Å². The van der Waals surface area contributed by atoms with E-state index in [1.807, 2.05) is 26.8 Å². The van der Waals surface area contributed by atoms with Crippen molar-refractivity contribution < 1.29 is 14.5 Å². The zero-order valence-electron chi connectivity index (χ0n) is 19.8. The second-order valence-corrected chi connectivity index (χ2v) is 10.4. The van der Waals surface area contributed by atoms with E-state index >= 15 is 0 Å². The zero-order chi connectivity index (χ0) is 21.8. The third-order valence-corrected chi connectivity index (χ3v) is 6.01. The summed E-state index contributed by atoms with van der Waals surface area (Å²) in [6, 6.07) is 1.96. The van der Waals surface area contributed by atoms with E-state index in [1.54, 1.807) is 27.5 Å². The van der Waals surface area contributed by atoms with Crippen molar-refractivity contribution in [1.82, 2.24) is 4.98 Å². The number of aromatic nitrogens is 1. The molecule has 0 aliphatic carbocycles. The molecule has 4 nitrogen and oxygen atoms in total. The number of hydrogen-bond donors (Lipinski definition) is 1. The average Bonchev–Trinajstić information content (AvgIpc) is 2.55. The lowest BCUT2D eigenvalue weighted by Gasteiger charge is -2.37. The van der Waals surface area contributed by atoms with Gasteiger partial charge in [-0.15, -0.1) is 0 Å². The highest BCUT2D eigenvalue weighted by Gasteiger charge is 2.36. The first kappa shape index (κ1) is 25.0. The Morgan fingerprint density at radius 3 is 2.04 bits per heavy atom. The predicted octanol–water partition coefficient (Wildman–Crippen LogP) is 4.82. The number of ether oxygens (including phenoxy) is 1. The summed E-state index contributed by atoms with van der Waals surface area (Å²) >= 11 is 0. The van der Waals surface area contributed by atoms with Crippen molar-refractivity contribution in [2.24, 2.45) is 10.8 Å². The standard InChI is InChI=1S/C23H41BNO3/c1-11-23(12-2,15-20(4,5)6)16-27-19-13-17(3)18(14-25-19)24-28-22(9,10)21(7,8)26/h13-14,26H,11-12,15-16H2,1-10H3. The molecule has 0 unspecified atom stereocenters. The second kappa shape index (κ2) is 9.17. The first-order valence-electron chi connectivity index (χ1n) is 10.5. The monoisotopic (exact) mass is 390 g/mol. The van der Waals surface area contributed by atoms with Gasteiger partial charge in [-0.05, 0) is 70.3 Å². The molecule has 159 valence electrons. The van der Waals surface area contributed by atoms with E-state index in [0.29, 0.717) is 12.5 Å². The van der Waals surface area contributed by atoms with E-state index in [2.05, 4.69) is 39.6 Å². The van der Waals surface area contributed by atoms with Crippen LogP contribution in [0.25, 0.3) is 0 Å². The SMILES string of the molecule is CCC(CC)(COc1cc(C)c([B]OC(C)(C)C(C)(C)O)cn1)CC(C)(C)C. The van der Waals surface area contributed by atoms with Crippen molar-refractivity contribution in [1.29, 1.82) is 0 Å². The van der Waals surface area contributed by atoms with E-state index in [4.69, 9.17) is 9.39 Å². The highest BCUT2D eigenvalue weighted by atomic mass is 16.5. The first-order chi connectivity index (χ1) is 12.6. The average molecular weight is 390 g/mol. The van der Waals surface area contributed by atoms with Gasteiger partial charge in [-0.25, -0.2) is 4.98 Å². The largest absolute Gasteiger partial charge is 0.477 e. The Bertz CT molecular complexity index is 626. The molecule has 28 heavy (non-hydrogen) atoms. The van der Waals surface area contributed by atoms with Gasteiger partial charge in [0.15, 0.2) is 0 Å². The molecular weight excluding hydrogens is 349 g/mol. The minimum atomic E-state index is -0.954. The summed E-state index contributed by atoms with van der Waals surface area (Å²) in [5.41, 5.74) is 0.692. The van der Waals surface area contributed by atoms with Gasteiger partial charge < -0.3 is 14.5 Å². The van der Waals surface area contributed by atoms with Crippen molar-refractivity contribution in [3.63, 3.8) is 0 Å². The second-order valence-electron chi connectivity index (χ2n) is 10.4. The summed E-state index contributed by atoms with van der Waals surface area (Å²) in [5.74, 6) is 0.650. The maximum Gasteiger partial charge on any atom is 0.332 e. The molecule has 1 heterocycles. The molecule has 1 rings (SSSR count). The Hall–Kier alpha value is -1.07. The molecule has 0 atom stereocenters. The van der Waals surface area contributed by atoms with Gasteiger partial charge in [-0.3, -0.25) is 0 Å². The summed E-state index contributed by atoms with van der Waals surface area (Å²) < 4.78 is 12.0. The van der Waals surface area contributed by atoms with Crippen LogP contribution in [0.3, 0.4) is 0 Å². The van der Waals surface area contributed by atoms with E-state index in [-0.39, 0.29) is 10.8 Å². The Balaban J connectivity index is 2.81. The van der Waals surface area contributed by atoms with Crippen molar-refractivity contribution in [3.05, 3.63) is 17.8 Å². The third kappa shape index (κ3) is 7.07. The van der Waals surface area contributed by atoms with Gasteiger partial charge >= 0.3 is 7.48 Å². The molecular formula is C23H41BNO3. The predicted molar refractivity (Wildman–Crippen MR) is 118 cm³/mol. The van der Waals surface area contributed by atoms with Gasteiger partial charge in [0.25, 0.3) is 0 Å². The van der Waals surface area contributed by atoms with E-state index in [0.717, 1.165) is 30.3 Å². The number of aryl methyl sites for hydroxylation is 1. The minimum absolute atomic E-state index is 0.165. The van der Waals surface area contributed by atoms with E-state index in [1.165, 1.54) is 0 Å². The van der Waals surface area contributed by atoms with Crippen LogP contribution in [0, 0.1) is 17.8 Å². The van der Waals surface area contributed by atoms with Gasteiger partial charge in [0.1, 0.15) is 0 Å². The third-order valence-electron chi connectivity index (χ3n) is 6.01. The van der Waals surface area contributed by atoms with Crippen molar-refractivity contribution in [3.8, 4) is 5.88 Å². The lowest BCUT2D eigenvalue weighted by molar-refractivity contribution is -0.0893. The summed E-state index contributed by atoms with van der Waals surface area (Å²) in [6.45, 7) is 21.3. The highest BCUT2D eigenvalue weighted by Crippen LogP contribution is 2.39. The molecule has 1 radical (unpaired) electrons. The molecule has 1 aromatic rings. The summed E-state index contributed by atoms with van der Waals surface area (Å²) in [6.07, 6.45) is 5.07. The molecule has 0 saturated heterocycles. The van der Waals surface area contributed by atoms with Crippen LogP contribution < -0.4 is 10.2 Å². The Morgan fingerprint density at radius 2 is 1.61 bits per heavy atom. The Labute approximate surface area is 173 Å². The first-order valence-corrected chi connectivity index (χ1v) is 10.5. The molecule has 0 aliphatic heterocycles. The molecule has 0 saturated carbocycles. The van der Waals surface area contributed by atoms with Gasteiger partial charge in [-0.1, -0.05) is 34.6 Å². The van der Waals surface area contributed by atoms with Crippen molar-refractivity contribution >= 4 is 12.9 Å². The number of hydrogen-bond acceptors (Lipinski definition) is 4. The molecule has 1 N–H and O–H groups in total. The van der Waals surface area contributed by atoms with Crippen LogP contribution >= 0.6 is 0 Å². The normalized spacial score (nSPS) is 13.5. The van der Waals surface area contributed by atoms with Crippen LogP contribution in [0.1, 0.15) is 87.1 Å². The van der Waals surface area contributed by atoms with Crippen LogP contribution in [0.2, 0.25) is 0 Å². The minimum Gasteiger partial charge on any atom is -0.477 e. The van der Waals surface area contributed by atoms with Gasteiger partial charge in [0.05, 0.1) is 17.8 Å². The van der Waals surface area contributed by atoms with Crippen molar-refractivity contribution in [2.45, 2.75) is 99.7 Å². The molecule has 1 aromatic heterocycles. The van der Waals surface area contributed by atoms with Gasteiger partial charge in [0.2, 0.25) is 5.88 Å². The van der Waals surface area contributed by atoms with Crippen LogP contribution in [-0.2, 0) is 4.65 Å². The number of nitrogens with zero attached hydrogens (tertiary/aromatic N) is 1. The summed E-state index contributed by atoms with van der Waals surface area (Å²) in [7, 11) is 1.67. The summed E-state index contributed by atoms with van der Waals surface area (Å²) in [5, 5.41) is 10.2. The molecule has 5 heteroatoms. The van der Waals surface area contributed by atoms with E-state index in [9.17, 15) is 5.11 Å². The van der Waals surface area contributed by atoms with Crippen LogP contribution in [-0.4, -0.2) is 35.4 Å². The smallest absolute Gasteiger partial charge is 0.332 e. The van der Waals surface area contributed by atoms with Gasteiger partial charge in [0, 0.05) is 17.7 Å². The fraction of sp³-hybridized carbons (Fsp3) is 0.783. The zero-order valence-corrected chi connectivity index (χ0v) is 19.8. The number of aliphatic hydroxyl groups is 1. The van der Waals surface area contributed by atoms with Crippen LogP contribution in [0.4, 0.5) is 0 Å². The van der Waals surface area contributed by atoms with Gasteiger partial charge in [-0.2, -0.15) is 0 Å². The summed E-state index contributed by atoms with van der Waals surface area (Å²) in [4.78, 5) is 4.47. The molecule has 0 spiro atoms. The maximum atomic E-state index is 10.2.